The zero-order valence-electron chi connectivity index (χ0n) is 13.0. The van der Waals surface area contributed by atoms with E-state index in [0.717, 1.165) is 19.3 Å². The summed E-state index contributed by atoms with van der Waals surface area (Å²) in [4.78, 5) is 27.0. The summed E-state index contributed by atoms with van der Waals surface area (Å²) in [5.74, 6) is 0.471. The van der Waals surface area contributed by atoms with E-state index in [1.165, 1.54) is 0 Å². The molecule has 1 saturated carbocycles. The maximum absolute atomic E-state index is 12.7. The third-order valence-corrected chi connectivity index (χ3v) is 5.54. The Morgan fingerprint density at radius 3 is 2.70 bits per heavy atom. The summed E-state index contributed by atoms with van der Waals surface area (Å²) >= 11 is 12.1. The number of carbonyl (C=O) groups is 2. The van der Waals surface area contributed by atoms with Crippen LogP contribution in [0.15, 0.2) is 18.2 Å². The Labute approximate surface area is 146 Å². The number of hydrogen-bond donors (Lipinski definition) is 1. The summed E-state index contributed by atoms with van der Waals surface area (Å²) in [6.45, 7) is 2.73. The van der Waals surface area contributed by atoms with Crippen molar-refractivity contribution in [3.63, 3.8) is 0 Å². The van der Waals surface area contributed by atoms with Gasteiger partial charge in [-0.2, -0.15) is 0 Å². The molecule has 2 aliphatic rings. The highest BCUT2D eigenvalue weighted by molar-refractivity contribution is 6.44. The largest absolute Gasteiger partial charge is 0.330 e. The molecular formula is C17H20Cl2N2O2. The van der Waals surface area contributed by atoms with E-state index in [-0.39, 0.29) is 17.7 Å². The van der Waals surface area contributed by atoms with Crippen LogP contribution in [0.2, 0.25) is 10.0 Å². The van der Waals surface area contributed by atoms with Crippen molar-refractivity contribution < 1.29 is 9.59 Å². The molecule has 1 saturated heterocycles. The molecule has 3 atom stereocenters. The van der Waals surface area contributed by atoms with Crippen LogP contribution < -0.4 is 5.32 Å². The molecule has 6 heteroatoms. The maximum Gasteiger partial charge on any atom is 0.247 e. The molecule has 0 bridgehead atoms. The summed E-state index contributed by atoms with van der Waals surface area (Å²) in [6, 6.07) is 4.70. The molecule has 2 fully saturated rings. The molecule has 0 radical (unpaired) electrons. The molecule has 23 heavy (non-hydrogen) atoms. The van der Waals surface area contributed by atoms with Crippen molar-refractivity contribution in [2.75, 3.05) is 11.9 Å². The van der Waals surface area contributed by atoms with Crippen molar-refractivity contribution in [3.05, 3.63) is 28.2 Å². The highest BCUT2D eigenvalue weighted by Crippen LogP contribution is 2.40. The van der Waals surface area contributed by atoms with E-state index in [1.807, 2.05) is 0 Å². The van der Waals surface area contributed by atoms with Gasteiger partial charge >= 0.3 is 0 Å². The lowest BCUT2D eigenvalue weighted by Gasteiger charge is -2.35. The molecule has 4 nitrogen and oxygen atoms in total. The Morgan fingerprint density at radius 1 is 1.26 bits per heavy atom. The average molecular weight is 355 g/mol. The average Bonchev–Trinajstić information content (AvgIpc) is 3.28. The van der Waals surface area contributed by atoms with E-state index in [2.05, 4.69) is 12.2 Å². The number of halogens is 2. The molecule has 1 aliphatic carbocycles. The predicted octanol–water partition coefficient (Wildman–Crippen LogP) is 3.97. The number of anilines is 1. The summed E-state index contributed by atoms with van der Waals surface area (Å²) < 4.78 is 0. The van der Waals surface area contributed by atoms with Gasteiger partial charge in [0.15, 0.2) is 0 Å². The molecule has 2 amide bonds. The van der Waals surface area contributed by atoms with Crippen molar-refractivity contribution in [1.82, 2.24) is 4.90 Å². The van der Waals surface area contributed by atoms with Crippen LogP contribution in [-0.4, -0.2) is 29.3 Å². The number of likely N-dealkylation sites (tertiary alicyclic amines) is 1. The molecule has 0 unspecified atom stereocenters. The van der Waals surface area contributed by atoms with Gasteiger partial charge in [0.05, 0.1) is 15.7 Å². The first-order valence-electron chi connectivity index (χ1n) is 8.04. The number of benzene rings is 1. The third kappa shape index (κ3) is 3.48. The molecule has 124 valence electrons. The number of carbonyl (C=O) groups excluding carboxylic acids is 2. The fraction of sp³-hybridized carbons (Fsp3) is 0.529. The molecule has 3 rings (SSSR count). The fourth-order valence-corrected chi connectivity index (χ4v) is 3.51. The minimum atomic E-state index is -0.418. The summed E-state index contributed by atoms with van der Waals surface area (Å²) in [7, 11) is 0. The zero-order valence-corrected chi connectivity index (χ0v) is 14.5. The standard InChI is InChI=1S/C17H20Cl2N2O2/c1-10-9-11(10)17(23)21-8-3-2-7-14(21)16(22)20-13-6-4-5-12(18)15(13)19/h4-6,10-11,14H,2-3,7-9H2,1H3,(H,20,22)/t10-,11-,14+/m1/s1. The van der Waals surface area contributed by atoms with Gasteiger partial charge in [-0.1, -0.05) is 36.2 Å². The maximum atomic E-state index is 12.7. The second kappa shape index (κ2) is 6.70. The second-order valence-electron chi connectivity index (χ2n) is 6.45. The van der Waals surface area contributed by atoms with Gasteiger partial charge in [0.1, 0.15) is 6.04 Å². The van der Waals surface area contributed by atoms with Gasteiger partial charge in [0, 0.05) is 12.5 Å². The Morgan fingerprint density at radius 2 is 2.00 bits per heavy atom. The highest BCUT2D eigenvalue weighted by atomic mass is 35.5. The lowest BCUT2D eigenvalue weighted by molar-refractivity contribution is -0.141. The first kappa shape index (κ1) is 16.6. The van der Waals surface area contributed by atoms with Crippen LogP contribution in [0.5, 0.6) is 0 Å². The summed E-state index contributed by atoms with van der Waals surface area (Å²) in [5, 5.41) is 3.55. The van der Waals surface area contributed by atoms with Crippen LogP contribution in [0.3, 0.4) is 0 Å². The van der Waals surface area contributed by atoms with Gasteiger partial charge in [0.25, 0.3) is 0 Å². The smallest absolute Gasteiger partial charge is 0.247 e. The number of rotatable bonds is 3. The molecular weight excluding hydrogens is 335 g/mol. The van der Waals surface area contributed by atoms with Gasteiger partial charge in [-0.3, -0.25) is 9.59 Å². The van der Waals surface area contributed by atoms with E-state index in [4.69, 9.17) is 23.2 Å². The van der Waals surface area contributed by atoms with E-state index in [1.54, 1.807) is 23.1 Å². The molecule has 0 aromatic heterocycles. The number of nitrogens with zero attached hydrogens (tertiary/aromatic N) is 1. The molecule has 1 aromatic rings. The summed E-state index contributed by atoms with van der Waals surface area (Å²) in [5.41, 5.74) is 0.488. The Hall–Kier alpha value is -1.26. The van der Waals surface area contributed by atoms with E-state index < -0.39 is 6.04 Å². The number of nitrogens with one attached hydrogen (secondary N) is 1. The normalized spacial score (nSPS) is 26.7. The van der Waals surface area contributed by atoms with Crippen LogP contribution >= 0.6 is 23.2 Å². The Balaban J connectivity index is 1.73. The van der Waals surface area contributed by atoms with E-state index in [0.29, 0.717) is 34.6 Å². The Kier molecular flexibility index (Phi) is 4.83. The highest BCUT2D eigenvalue weighted by Gasteiger charge is 2.44. The van der Waals surface area contributed by atoms with Gasteiger partial charge < -0.3 is 10.2 Å². The molecule has 0 spiro atoms. The van der Waals surface area contributed by atoms with Crippen molar-refractivity contribution >= 4 is 40.7 Å². The van der Waals surface area contributed by atoms with Crippen molar-refractivity contribution in [3.8, 4) is 0 Å². The molecule has 1 aliphatic heterocycles. The molecule has 1 aromatic carbocycles. The van der Waals surface area contributed by atoms with Crippen LogP contribution in [0.25, 0.3) is 0 Å². The molecule has 1 N–H and O–H groups in total. The third-order valence-electron chi connectivity index (χ3n) is 4.72. The monoisotopic (exact) mass is 354 g/mol. The number of hydrogen-bond acceptors (Lipinski definition) is 2. The zero-order chi connectivity index (χ0) is 16.6. The predicted molar refractivity (Wildman–Crippen MR) is 91.7 cm³/mol. The van der Waals surface area contributed by atoms with E-state index in [9.17, 15) is 9.59 Å². The van der Waals surface area contributed by atoms with Crippen LogP contribution in [0.1, 0.15) is 32.6 Å². The fourth-order valence-electron chi connectivity index (χ4n) is 3.16. The minimum absolute atomic E-state index is 0.0955. The number of amides is 2. The summed E-state index contributed by atoms with van der Waals surface area (Å²) in [6.07, 6.45) is 3.53. The first-order valence-corrected chi connectivity index (χ1v) is 8.80. The van der Waals surface area contributed by atoms with Gasteiger partial charge in [-0.15, -0.1) is 0 Å². The van der Waals surface area contributed by atoms with Gasteiger partial charge in [0.2, 0.25) is 11.8 Å². The second-order valence-corrected chi connectivity index (χ2v) is 7.24. The van der Waals surface area contributed by atoms with Crippen LogP contribution in [-0.2, 0) is 9.59 Å². The molecule has 1 heterocycles. The first-order chi connectivity index (χ1) is 11.0. The lowest BCUT2D eigenvalue weighted by Crippen LogP contribution is -2.50. The quantitative estimate of drug-likeness (QED) is 0.892. The Bertz CT molecular complexity index is 635. The van der Waals surface area contributed by atoms with Crippen molar-refractivity contribution in [1.29, 1.82) is 0 Å². The van der Waals surface area contributed by atoms with Crippen molar-refractivity contribution in [2.24, 2.45) is 11.8 Å². The van der Waals surface area contributed by atoms with Crippen LogP contribution in [0.4, 0.5) is 5.69 Å². The lowest BCUT2D eigenvalue weighted by atomic mass is 10.00. The minimum Gasteiger partial charge on any atom is -0.330 e. The SMILES string of the molecule is C[C@@H]1C[C@H]1C(=O)N1CCCC[C@H]1C(=O)Nc1cccc(Cl)c1Cl. The van der Waals surface area contributed by atoms with Crippen molar-refractivity contribution in [2.45, 2.75) is 38.6 Å². The van der Waals surface area contributed by atoms with Gasteiger partial charge in [-0.25, -0.2) is 0 Å². The van der Waals surface area contributed by atoms with Gasteiger partial charge in [-0.05, 0) is 43.7 Å². The van der Waals surface area contributed by atoms with E-state index >= 15 is 0 Å². The topological polar surface area (TPSA) is 49.4 Å². The van der Waals surface area contributed by atoms with Crippen LogP contribution in [0, 0.1) is 11.8 Å². The number of piperidine rings is 1.